The summed E-state index contributed by atoms with van der Waals surface area (Å²) in [5.74, 6) is 1.70. The Kier molecular flexibility index (Phi) is 18.5. The van der Waals surface area contributed by atoms with E-state index in [0.29, 0.717) is 0 Å². The molecular formula is C75H69F3IrN6+3. The quantitative estimate of drug-likeness (QED) is 0.145. The molecule has 12 aromatic rings. The minimum atomic E-state index is -0.243. The van der Waals surface area contributed by atoms with E-state index in [4.69, 9.17) is 0 Å². The summed E-state index contributed by atoms with van der Waals surface area (Å²) in [5.41, 5.74) is 28.2. The molecule has 0 fully saturated rings. The van der Waals surface area contributed by atoms with E-state index in [1.165, 1.54) is 137 Å². The van der Waals surface area contributed by atoms with Crippen LogP contribution in [0.3, 0.4) is 0 Å². The first kappa shape index (κ1) is 60.6. The van der Waals surface area contributed by atoms with Gasteiger partial charge in [0.1, 0.15) is 34.9 Å². The molecule has 85 heavy (non-hydrogen) atoms. The Balaban J connectivity index is 0.000000152. The van der Waals surface area contributed by atoms with Gasteiger partial charge in [0.05, 0.1) is 17.1 Å². The van der Waals surface area contributed by atoms with Crippen LogP contribution in [-0.4, -0.2) is 28.7 Å². The normalized spacial score (nSPS) is 10.9. The molecule has 0 bridgehead atoms. The van der Waals surface area contributed by atoms with Crippen molar-refractivity contribution < 1.29 is 33.3 Å². The molecule has 10 heteroatoms. The summed E-state index contributed by atoms with van der Waals surface area (Å²) < 4.78 is 46.2. The third-order valence-electron chi connectivity index (χ3n) is 15.5. The standard InChI is InChI=1S/3C25H23FN2.Ir/c3*1-16-5-6-17(2)23(13-16)21-14-18(3)24(19(4)15-21)28-12-11-27-25(28)20-7-9-22(26)10-8-20;/h3*5-15H,1-4H3;/q;;;+3. The molecule has 0 saturated heterocycles. The molecule has 0 saturated carbocycles. The number of aryl methyl sites for hydroxylation is 12. The van der Waals surface area contributed by atoms with Gasteiger partial charge in [-0.1, -0.05) is 71.3 Å². The molecule has 0 N–H and O–H groups in total. The summed E-state index contributed by atoms with van der Waals surface area (Å²) in [4.78, 5) is 13.6. The summed E-state index contributed by atoms with van der Waals surface area (Å²) in [7, 11) is 0. The van der Waals surface area contributed by atoms with Crippen molar-refractivity contribution in [1.82, 2.24) is 28.7 Å². The predicted molar refractivity (Wildman–Crippen MR) is 340 cm³/mol. The fraction of sp³-hybridized carbons (Fsp3) is 0.160. The molecule has 3 heterocycles. The van der Waals surface area contributed by atoms with E-state index >= 15 is 0 Å². The first-order valence-electron chi connectivity index (χ1n) is 28.3. The minimum absolute atomic E-state index is 0. The van der Waals surface area contributed by atoms with Crippen molar-refractivity contribution in [3.05, 3.63) is 285 Å². The zero-order valence-corrected chi connectivity index (χ0v) is 52.6. The van der Waals surface area contributed by atoms with Crippen LogP contribution in [0.5, 0.6) is 0 Å². The van der Waals surface area contributed by atoms with Gasteiger partial charge in [-0.05, 0) is 276 Å². The van der Waals surface area contributed by atoms with Gasteiger partial charge in [0.2, 0.25) is 0 Å². The first-order valence-corrected chi connectivity index (χ1v) is 28.3. The van der Waals surface area contributed by atoms with Crippen LogP contribution in [0, 0.1) is 101 Å². The van der Waals surface area contributed by atoms with Gasteiger partial charge in [-0.2, -0.15) is 0 Å². The summed E-state index contributed by atoms with van der Waals surface area (Å²) >= 11 is 0. The molecule has 0 unspecified atom stereocenters. The van der Waals surface area contributed by atoms with Crippen LogP contribution in [0.2, 0.25) is 0 Å². The zero-order valence-electron chi connectivity index (χ0n) is 50.2. The Bertz CT molecular complexity index is 3840. The topological polar surface area (TPSA) is 53.5 Å². The molecule has 0 aliphatic carbocycles. The molecular weight excluding hydrogens is 1230 g/mol. The number of hydrogen-bond donors (Lipinski definition) is 0. The second-order valence-electron chi connectivity index (χ2n) is 22.2. The van der Waals surface area contributed by atoms with E-state index in [1.54, 1.807) is 55.0 Å². The monoisotopic (exact) mass is 1300 g/mol. The Morgan fingerprint density at radius 1 is 0.259 bits per heavy atom. The van der Waals surface area contributed by atoms with Crippen LogP contribution in [0.15, 0.2) is 201 Å². The van der Waals surface area contributed by atoms with Crippen LogP contribution in [-0.2, 0) is 20.1 Å². The minimum Gasteiger partial charge on any atom is -0.299 e. The van der Waals surface area contributed by atoms with Gasteiger partial charge in [-0.3, -0.25) is 13.7 Å². The number of aromatic nitrogens is 6. The van der Waals surface area contributed by atoms with Crippen LogP contribution in [0.25, 0.3) is 84.6 Å². The van der Waals surface area contributed by atoms with Gasteiger partial charge < -0.3 is 0 Å². The summed E-state index contributed by atoms with van der Waals surface area (Å²) in [6.45, 7) is 25.6. The Hall–Kier alpha value is -8.95. The molecule has 9 aromatic carbocycles. The fourth-order valence-electron chi connectivity index (χ4n) is 11.5. The van der Waals surface area contributed by atoms with Crippen LogP contribution >= 0.6 is 0 Å². The van der Waals surface area contributed by atoms with Gasteiger partial charge in [0.15, 0.2) is 0 Å². The van der Waals surface area contributed by atoms with Crippen molar-refractivity contribution in [3.8, 4) is 84.6 Å². The number of halogens is 3. The third kappa shape index (κ3) is 13.2. The SMILES string of the molecule is Cc1ccc(C)c(-c2cc(C)c(-n3ccnc3-c3ccc(F)cc3)c(C)c2)c1.Cc1ccc(C)c(-c2cc(C)c(-n3ccnc3-c3ccc(F)cc3)c(C)c2)c1.Cc1ccc(C)c(-c2cc(C)c(-n3ccnc3-c3ccc(F)cc3)c(C)c2)c1.[Ir+3]. The predicted octanol–water partition coefficient (Wildman–Crippen LogP) is 19.7. The summed E-state index contributed by atoms with van der Waals surface area (Å²) in [6, 6.07) is 52.5. The smallest absolute Gasteiger partial charge is 0.299 e. The molecule has 0 radical (unpaired) electrons. The van der Waals surface area contributed by atoms with Crippen molar-refractivity contribution in [2.45, 2.75) is 83.1 Å². The Morgan fingerprint density at radius 2 is 0.482 bits per heavy atom. The van der Waals surface area contributed by atoms with Crippen LogP contribution in [0.1, 0.15) is 66.8 Å². The van der Waals surface area contributed by atoms with E-state index in [0.717, 1.165) is 51.2 Å². The van der Waals surface area contributed by atoms with Crippen LogP contribution in [0.4, 0.5) is 13.2 Å². The maximum atomic E-state index is 13.3. The van der Waals surface area contributed by atoms with Gasteiger partial charge in [-0.25, -0.2) is 28.1 Å². The zero-order chi connectivity index (χ0) is 59.5. The number of benzene rings is 9. The molecule has 0 aliphatic heterocycles. The fourth-order valence-corrected chi connectivity index (χ4v) is 11.5. The van der Waals surface area contributed by atoms with E-state index in [2.05, 4.69) is 203 Å². The average Bonchev–Trinajstić information content (AvgIpc) is 4.48. The van der Waals surface area contributed by atoms with E-state index < -0.39 is 0 Å². The van der Waals surface area contributed by atoms with Crippen LogP contribution < -0.4 is 0 Å². The summed E-state index contributed by atoms with van der Waals surface area (Å²) in [6.07, 6.45) is 11.3. The Morgan fingerprint density at radius 3 is 0.706 bits per heavy atom. The van der Waals surface area contributed by atoms with Gasteiger partial charge in [0.25, 0.3) is 0 Å². The van der Waals surface area contributed by atoms with Gasteiger partial charge in [-0.15, -0.1) is 0 Å². The second-order valence-corrected chi connectivity index (χ2v) is 22.2. The van der Waals surface area contributed by atoms with E-state index in [9.17, 15) is 13.2 Å². The molecule has 0 spiro atoms. The molecule has 0 amide bonds. The number of hydrogen-bond acceptors (Lipinski definition) is 3. The largest absolute Gasteiger partial charge is 3.00 e. The molecule has 3 aromatic heterocycles. The molecule has 6 nitrogen and oxygen atoms in total. The number of nitrogens with zero attached hydrogens (tertiary/aromatic N) is 6. The van der Waals surface area contributed by atoms with Gasteiger partial charge in [0, 0.05) is 53.9 Å². The maximum absolute atomic E-state index is 13.3. The van der Waals surface area contributed by atoms with Crippen molar-refractivity contribution in [1.29, 1.82) is 0 Å². The van der Waals surface area contributed by atoms with Crippen molar-refractivity contribution >= 4 is 0 Å². The second kappa shape index (κ2) is 25.9. The van der Waals surface area contributed by atoms with E-state index in [1.807, 2.05) is 18.6 Å². The summed E-state index contributed by atoms with van der Waals surface area (Å²) in [5, 5.41) is 0. The Labute approximate surface area is 511 Å². The number of imidazole rings is 3. The van der Waals surface area contributed by atoms with Crippen molar-refractivity contribution in [3.63, 3.8) is 0 Å². The third-order valence-corrected chi connectivity index (χ3v) is 15.5. The molecule has 426 valence electrons. The number of rotatable bonds is 9. The molecule has 0 atom stereocenters. The first-order chi connectivity index (χ1) is 40.3. The van der Waals surface area contributed by atoms with Gasteiger partial charge >= 0.3 is 20.1 Å². The molecule has 12 rings (SSSR count). The average molecular weight is 1300 g/mol. The maximum Gasteiger partial charge on any atom is 3.00 e. The van der Waals surface area contributed by atoms with Crippen molar-refractivity contribution in [2.75, 3.05) is 0 Å². The van der Waals surface area contributed by atoms with Crippen molar-refractivity contribution in [2.24, 2.45) is 0 Å². The van der Waals surface area contributed by atoms with E-state index in [-0.39, 0.29) is 37.6 Å². The molecule has 0 aliphatic rings.